The minimum absolute atomic E-state index is 0.396. The van der Waals surface area contributed by atoms with E-state index in [9.17, 15) is 0 Å². The Labute approximate surface area is 139 Å². The summed E-state index contributed by atoms with van der Waals surface area (Å²) in [6.07, 6.45) is 0. The molecule has 118 valence electrons. The Morgan fingerprint density at radius 3 is 2.00 bits per heavy atom. The lowest BCUT2D eigenvalue weighted by molar-refractivity contribution is 0.358. The van der Waals surface area contributed by atoms with Crippen molar-refractivity contribution in [3.8, 4) is 23.0 Å². The molecule has 0 amide bonds. The maximum atomic E-state index is 5.77. The smallest absolute Gasteiger partial charge is 0.161 e. The lowest BCUT2D eigenvalue weighted by atomic mass is 10.3. The first kappa shape index (κ1) is 16.9. The molecule has 0 aliphatic carbocycles. The molecule has 2 rings (SSSR count). The summed E-state index contributed by atoms with van der Waals surface area (Å²) in [6.45, 7) is 9.44. The summed E-state index contributed by atoms with van der Waals surface area (Å²) in [7, 11) is -1.86. The van der Waals surface area contributed by atoms with Gasteiger partial charge in [0.1, 0.15) is 24.7 Å². The maximum Gasteiger partial charge on any atom is 0.161 e. The van der Waals surface area contributed by atoms with Crippen LogP contribution in [-0.4, -0.2) is 21.3 Å². The van der Waals surface area contributed by atoms with Crippen molar-refractivity contribution in [3.05, 3.63) is 72.4 Å². The second-order valence-corrected chi connectivity index (χ2v) is 9.94. The van der Waals surface area contributed by atoms with Crippen LogP contribution in [0.4, 0.5) is 0 Å². The molecule has 0 saturated carbocycles. The Hall–Kier alpha value is -2.44. The number of rotatable bonds is 6. The lowest BCUT2D eigenvalue weighted by Crippen LogP contribution is -2.30. The van der Waals surface area contributed by atoms with Crippen LogP contribution in [0, 0.1) is 11.5 Å². The monoisotopic (exact) mass is 322 g/mol. The first-order valence-corrected chi connectivity index (χ1v) is 10.6. The molecule has 0 spiro atoms. The van der Waals surface area contributed by atoms with E-state index in [-0.39, 0.29) is 0 Å². The van der Waals surface area contributed by atoms with Gasteiger partial charge >= 0.3 is 0 Å². The third-order valence-corrected chi connectivity index (χ3v) is 6.21. The average molecular weight is 322 g/mol. The van der Waals surface area contributed by atoms with Crippen molar-refractivity contribution in [2.45, 2.75) is 13.1 Å². The molecule has 2 aromatic rings. The quantitative estimate of drug-likeness (QED) is 0.576. The normalized spacial score (nSPS) is 10.3. The third kappa shape index (κ3) is 5.69. The van der Waals surface area contributed by atoms with Crippen molar-refractivity contribution >= 4 is 8.07 Å². The molecular formula is C20H22O2Si. The molecular weight excluding hydrogens is 300 g/mol. The van der Waals surface area contributed by atoms with Crippen molar-refractivity contribution in [1.82, 2.24) is 0 Å². The molecule has 0 radical (unpaired) electrons. The summed E-state index contributed by atoms with van der Waals surface area (Å²) in [5.41, 5.74) is 3.35. The standard InChI is InChI=1S/C20H22O2Si/c1-18(17-22-20-13-8-5-9-14-20)23(2,3)16-10-15-21-19-11-6-4-7-12-19/h4-9,11-14H,1,15,17H2,2-3H3. The highest BCUT2D eigenvalue weighted by Crippen LogP contribution is 2.15. The largest absolute Gasteiger partial charge is 0.490 e. The summed E-state index contributed by atoms with van der Waals surface area (Å²) >= 11 is 0. The van der Waals surface area contributed by atoms with Gasteiger partial charge in [-0.3, -0.25) is 0 Å². The van der Waals surface area contributed by atoms with Gasteiger partial charge < -0.3 is 9.47 Å². The highest BCUT2D eigenvalue weighted by molar-refractivity contribution is 6.91. The van der Waals surface area contributed by atoms with E-state index in [4.69, 9.17) is 9.47 Å². The first-order valence-electron chi connectivity index (χ1n) is 7.62. The van der Waals surface area contributed by atoms with Gasteiger partial charge in [-0.05, 0) is 29.5 Å². The Kier molecular flexibility index (Phi) is 6.07. The molecule has 0 aromatic heterocycles. The van der Waals surface area contributed by atoms with Crippen LogP contribution >= 0.6 is 0 Å². The van der Waals surface area contributed by atoms with Gasteiger partial charge in [0.15, 0.2) is 8.07 Å². The van der Waals surface area contributed by atoms with Crippen LogP contribution in [-0.2, 0) is 0 Å². The summed E-state index contributed by atoms with van der Waals surface area (Å²) in [6, 6.07) is 19.5. The van der Waals surface area contributed by atoms with Crippen LogP contribution in [0.5, 0.6) is 11.5 Å². The predicted molar refractivity (Wildman–Crippen MR) is 98.3 cm³/mol. The summed E-state index contributed by atoms with van der Waals surface area (Å²) in [4.78, 5) is 0. The number of hydrogen-bond donors (Lipinski definition) is 0. The van der Waals surface area contributed by atoms with Crippen molar-refractivity contribution in [2.75, 3.05) is 13.2 Å². The van der Waals surface area contributed by atoms with E-state index < -0.39 is 8.07 Å². The fraction of sp³-hybridized carbons (Fsp3) is 0.200. The van der Waals surface area contributed by atoms with Crippen LogP contribution in [0.3, 0.4) is 0 Å². The van der Waals surface area contributed by atoms with E-state index in [1.165, 1.54) is 0 Å². The van der Waals surface area contributed by atoms with E-state index in [0.717, 1.165) is 16.7 Å². The molecule has 0 N–H and O–H groups in total. The summed E-state index contributed by atoms with van der Waals surface area (Å²) in [5, 5.41) is 1.08. The van der Waals surface area contributed by atoms with E-state index >= 15 is 0 Å². The van der Waals surface area contributed by atoms with Crippen molar-refractivity contribution in [3.63, 3.8) is 0 Å². The molecule has 0 aliphatic rings. The Bertz CT molecular complexity index is 682. The average Bonchev–Trinajstić information content (AvgIpc) is 2.58. The van der Waals surface area contributed by atoms with Crippen molar-refractivity contribution < 1.29 is 9.47 Å². The van der Waals surface area contributed by atoms with E-state index in [1.807, 2.05) is 60.7 Å². The van der Waals surface area contributed by atoms with Crippen LogP contribution in [0.1, 0.15) is 0 Å². The third-order valence-electron chi connectivity index (χ3n) is 3.50. The zero-order valence-electron chi connectivity index (χ0n) is 13.7. The van der Waals surface area contributed by atoms with Gasteiger partial charge in [-0.25, -0.2) is 0 Å². The highest BCUT2D eigenvalue weighted by atomic mass is 28.3. The zero-order valence-corrected chi connectivity index (χ0v) is 14.7. The molecule has 2 aromatic carbocycles. The number of hydrogen-bond acceptors (Lipinski definition) is 2. The molecule has 2 nitrogen and oxygen atoms in total. The van der Waals surface area contributed by atoms with Gasteiger partial charge in [-0.1, -0.05) is 62.0 Å². The molecule has 0 bridgehead atoms. The minimum atomic E-state index is -1.86. The molecule has 23 heavy (non-hydrogen) atoms. The van der Waals surface area contributed by atoms with Gasteiger partial charge in [-0.15, -0.1) is 5.54 Å². The molecule has 0 atom stereocenters. The fourth-order valence-electron chi connectivity index (χ4n) is 1.85. The van der Waals surface area contributed by atoms with Crippen LogP contribution < -0.4 is 9.47 Å². The second kappa shape index (κ2) is 8.26. The lowest BCUT2D eigenvalue weighted by Gasteiger charge is -2.19. The minimum Gasteiger partial charge on any atom is -0.490 e. The molecule has 0 heterocycles. The van der Waals surface area contributed by atoms with E-state index in [2.05, 4.69) is 31.1 Å². The van der Waals surface area contributed by atoms with Crippen LogP contribution in [0.25, 0.3) is 0 Å². The molecule has 0 aliphatic heterocycles. The fourth-order valence-corrected chi connectivity index (χ4v) is 2.97. The first-order chi connectivity index (χ1) is 11.1. The van der Waals surface area contributed by atoms with Gasteiger partial charge in [0.25, 0.3) is 0 Å². The van der Waals surface area contributed by atoms with Gasteiger partial charge in [0.2, 0.25) is 0 Å². The van der Waals surface area contributed by atoms with Crippen molar-refractivity contribution in [1.29, 1.82) is 0 Å². The van der Waals surface area contributed by atoms with E-state index in [1.54, 1.807) is 0 Å². The zero-order chi connectivity index (χ0) is 16.5. The maximum absolute atomic E-state index is 5.77. The predicted octanol–water partition coefficient (Wildman–Crippen LogP) is 4.49. The second-order valence-electron chi connectivity index (χ2n) is 5.73. The number of benzene rings is 2. The van der Waals surface area contributed by atoms with Gasteiger partial charge in [0.05, 0.1) is 0 Å². The Balaban J connectivity index is 1.83. The molecule has 0 unspecified atom stereocenters. The summed E-state index contributed by atoms with van der Waals surface area (Å²) < 4.78 is 11.4. The summed E-state index contributed by atoms with van der Waals surface area (Å²) in [5.74, 6) is 4.83. The Morgan fingerprint density at radius 1 is 0.913 bits per heavy atom. The SMILES string of the molecule is C=C(COc1ccccc1)[Si](C)(C)C#CCOc1ccccc1. The van der Waals surface area contributed by atoms with Gasteiger partial charge in [-0.2, -0.15) is 0 Å². The van der Waals surface area contributed by atoms with E-state index in [0.29, 0.717) is 13.2 Å². The molecule has 0 saturated heterocycles. The van der Waals surface area contributed by atoms with Crippen LogP contribution in [0.15, 0.2) is 72.4 Å². The highest BCUT2D eigenvalue weighted by Gasteiger charge is 2.22. The van der Waals surface area contributed by atoms with Crippen LogP contribution in [0.2, 0.25) is 13.1 Å². The Morgan fingerprint density at radius 2 is 1.43 bits per heavy atom. The van der Waals surface area contributed by atoms with Crippen molar-refractivity contribution in [2.24, 2.45) is 0 Å². The molecule has 3 heteroatoms. The number of ether oxygens (including phenoxy) is 2. The topological polar surface area (TPSA) is 18.5 Å². The molecule has 0 fully saturated rings. The van der Waals surface area contributed by atoms with Gasteiger partial charge in [0, 0.05) is 0 Å². The number of para-hydroxylation sites is 2.